The molecule has 1 heterocycles. The van der Waals surface area contributed by atoms with E-state index >= 15 is 0 Å². The Bertz CT molecular complexity index is 1120. The Morgan fingerprint density at radius 3 is 2.74 bits per heavy atom. The molecule has 0 unspecified atom stereocenters. The van der Waals surface area contributed by atoms with Gasteiger partial charge in [0.05, 0.1) is 12.7 Å². The van der Waals surface area contributed by atoms with Crippen LogP contribution in [0.4, 0.5) is 0 Å². The van der Waals surface area contributed by atoms with Crippen LogP contribution in [0.15, 0.2) is 24.8 Å². The van der Waals surface area contributed by atoms with Crippen LogP contribution in [-0.2, 0) is 25.6 Å². The summed E-state index contributed by atoms with van der Waals surface area (Å²) in [6.07, 6.45) is 4.17. The maximum Gasteiger partial charge on any atom is 0.344 e. The van der Waals surface area contributed by atoms with Gasteiger partial charge in [0.15, 0.2) is 6.61 Å². The molecule has 3 fully saturated rings. The Morgan fingerprint density at radius 2 is 2.03 bits per heavy atom. The number of rotatable bonds is 5. The minimum Gasteiger partial charge on any atom is -0.482 e. The molecule has 38 heavy (non-hydrogen) atoms. The molecule has 1 aromatic rings. The summed E-state index contributed by atoms with van der Waals surface area (Å²) in [6, 6.07) is 3.91. The van der Waals surface area contributed by atoms with Gasteiger partial charge in [0.2, 0.25) is 0 Å². The molecule has 1 aliphatic heterocycles. The first-order valence-corrected chi connectivity index (χ1v) is 13.7. The molecule has 0 spiro atoms. The van der Waals surface area contributed by atoms with Crippen molar-refractivity contribution in [1.82, 2.24) is 0 Å². The molecular weight excluding hydrogens is 483 g/mol. The Labute approximate surface area is 226 Å². The van der Waals surface area contributed by atoms with Gasteiger partial charge in [-0.2, -0.15) is 0 Å². The lowest BCUT2D eigenvalue weighted by atomic mass is 9.44. The summed E-state index contributed by atoms with van der Waals surface area (Å²) >= 11 is 0. The number of hydrogen-bond donors (Lipinski definition) is 1. The van der Waals surface area contributed by atoms with Crippen molar-refractivity contribution < 1.29 is 34.3 Å². The first-order chi connectivity index (χ1) is 17.5. The lowest BCUT2D eigenvalue weighted by Gasteiger charge is -2.61. The highest BCUT2D eigenvalue weighted by Gasteiger charge is 2.68. The first kappa shape index (κ1) is 28.8. The summed E-state index contributed by atoms with van der Waals surface area (Å²) in [6.45, 7) is 14.8. The summed E-state index contributed by atoms with van der Waals surface area (Å²) in [7, 11) is 1.70. The maximum atomic E-state index is 13.5. The highest BCUT2D eigenvalue weighted by molar-refractivity contribution is 6.49. The molecule has 5 rings (SSSR count). The predicted molar refractivity (Wildman–Crippen MR) is 145 cm³/mol. The van der Waals surface area contributed by atoms with E-state index in [1.165, 1.54) is 0 Å². The number of esters is 1. The van der Waals surface area contributed by atoms with Crippen molar-refractivity contribution in [3.05, 3.63) is 35.9 Å². The fourth-order valence-electron chi connectivity index (χ4n) is 8.21. The van der Waals surface area contributed by atoms with E-state index in [-0.39, 0.29) is 41.0 Å². The van der Waals surface area contributed by atoms with Gasteiger partial charge in [0, 0.05) is 23.2 Å². The zero-order valence-corrected chi connectivity index (χ0v) is 23.3. The number of aliphatic hydroxyl groups is 1. The third-order valence-electron chi connectivity index (χ3n) is 10.8. The van der Waals surface area contributed by atoms with Gasteiger partial charge in [0.1, 0.15) is 17.6 Å². The molecule has 3 saturated carbocycles. The third kappa shape index (κ3) is 4.24. The molecule has 7 nitrogen and oxygen atoms in total. The minimum atomic E-state index is -0.679. The summed E-state index contributed by atoms with van der Waals surface area (Å²) < 4.78 is 17.6. The highest BCUT2D eigenvalue weighted by Crippen LogP contribution is 2.68. The van der Waals surface area contributed by atoms with Gasteiger partial charge in [-0.15, -0.1) is 6.58 Å². The molecular formula is C30H42BO7. The molecule has 2 bridgehead atoms. The van der Waals surface area contributed by atoms with E-state index in [0.29, 0.717) is 25.2 Å². The fraction of sp³-hybridized carbons (Fsp3) is 0.667. The molecule has 1 aromatic carbocycles. The smallest absolute Gasteiger partial charge is 0.344 e. The van der Waals surface area contributed by atoms with E-state index in [9.17, 15) is 14.7 Å². The SMILES string of the molecule is C=C[C@]1(C)C[C@@H](OC(=O)COc2cc3c(cc2C)CO[B]3)[C@]2(C)[C@H](C)CC[C@]3(CCC(=O)[C@H]32)[C@@H](C)[C@@H]1O.O. The van der Waals surface area contributed by atoms with Crippen LogP contribution in [0.1, 0.15) is 70.9 Å². The van der Waals surface area contributed by atoms with E-state index in [1.54, 1.807) is 7.48 Å². The Kier molecular flexibility index (Phi) is 7.67. The topological polar surface area (TPSA) is 114 Å². The van der Waals surface area contributed by atoms with Crippen molar-refractivity contribution in [2.45, 2.75) is 85.5 Å². The van der Waals surface area contributed by atoms with Crippen LogP contribution in [-0.4, -0.2) is 48.6 Å². The van der Waals surface area contributed by atoms with Crippen LogP contribution in [0.25, 0.3) is 0 Å². The van der Waals surface area contributed by atoms with E-state index in [4.69, 9.17) is 14.1 Å². The van der Waals surface area contributed by atoms with Crippen LogP contribution in [0, 0.1) is 40.9 Å². The number of ether oxygens (including phenoxy) is 2. The van der Waals surface area contributed by atoms with Crippen LogP contribution in [0.5, 0.6) is 5.75 Å². The lowest BCUT2D eigenvalue weighted by Crippen LogP contribution is -2.63. The van der Waals surface area contributed by atoms with Crippen molar-refractivity contribution >= 4 is 24.7 Å². The summed E-state index contributed by atoms with van der Waals surface area (Å²) in [5.41, 5.74) is 1.52. The van der Waals surface area contributed by atoms with E-state index in [2.05, 4.69) is 27.4 Å². The van der Waals surface area contributed by atoms with Gasteiger partial charge in [-0.25, -0.2) is 4.79 Å². The van der Waals surface area contributed by atoms with Crippen molar-refractivity contribution in [3.8, 4) is 5.75 Å². The van der Waals surface area contributed by atoms with Crippen LogP contribution in [0.3, 0.4) is 0 Å². The Morgan fingerprint density at radius 1 is 1.29 bits per heavy atom. The predicted octanol–water partition coefficient (Wildman–Crippen LogP) is 3.23. The molecule has 8 atom stereocenters. The van der Waals surface area contributed by atoms with Crippen LogP contribution < -0.4 is 10.2 Å². The molecule has 0 saturated heterocycles. The molecule has 0 amide bonds. The van der Waals surface area contributed by atoms with Gasteiger partial charge in [-0.05, 0) is 72.5 Å². The van der Waals surface area contributed by atoms with Gasteiger partial charge >= 0.3 is 13.5 Å². The van der Waals surface area contributed by atoms with Crippen molar-refractivity contribution in [3.63, 3.8) is 0 Å². The van der Waals surface area contributed by atoms with Crippen molar-refractivity contribution in [2.75, 3.05) is 6.61 Å². The summed E-state index contributed by atoms with van der Waals surface area (Å²) in [5, 5.41) is 11.6. The summed E-state index contributed by atoms with van der Waals surface area (Å²) in [4.78, 5) is 26.8. The largest absolute Gasteiger partial charge is 0.482 e. The second-order valence-electron chi connectivity index (χ2n) is 12.6. The number of aliphatic hydroxyl groups excluding tert-OH is 1. The van der Waals surface area contributed by atoms with E-state index < -0.39 is 29.0 Å². The standard InChI is InChI=1S/C30H40BO6.H2O/c1-7-28(5)14-24(37-25(33)16-35-23-13-21-20(12-17(23)2)15-36-31-21)29(6)18(3)8-10-30(19(4)27(28)34)11-9-22(32)26(29)30;/h7,12-13,18-19,24,26-27,34H,1,8-11,14-16H2,2-6H3;1H2/t18-,19+,24-,26+,27+,28-,29+,30+;/m1./s1. The minimum absolute atomic E-state index is 0. The van der Waals surface area contributed by atoms with Gasteiger partial charge in [0.25, 0.3) is 0 Å². The Balaban J connectivity index is 0.00000336. The van der Waals surface area contributed by atoms with Crippen LogP contribution in [0.2, 0.25) is 0 Å². The Hall–Kier alpha value is -2.16. The fourth-order valence-corrected chi connectivity index (χ4v) is 8.21. The number of aryl methyl sites for hydroxylation is 1. The van der Waals surface area contributed by atoms with Gasteiger partial charge in [-0.1, -0.05) is 39.8 Å². The van der Waals surface area contributed by atoms with Crippen molar-refractivity contribution in [1.29, 1.82) is 0 Å². The zero-order valence-electron chi connectivity index (χ0n) is 23.3. The van der Waals surface area contributed by atoms with Crippen molar-refractivity contribution in [2.24, 2.45) is 34.0 Å². The molecule has 3 N–H and O–H groups in total. The average molecular weight is 525 g/mol. The molecule has 8 heteroatoms. The number of ketones is 1. The monoisotopic (exact) mass is 525 g/mol. The van der Waals surface area contributed by atoms with Gasteiger partial charge < -0.3 is 24.7 Å². The van der Waals surface area contributed by atoms with Crippen LogP contribution >= 0.6 is 0 Å². The zero-order chi connectivity index (χ0) is 26.8. The molecule has 3 aliphatic carbocycles. The second-order valence-corrected chi connectivity index (χ2v) is 12.6. The third-order valence-corrected chi connectivity index (χ3v) is 10.8. The molecule has 0 aromatic heterocycles. The van der Waals surface area contributed by atoms with Gasteiger partial charge in [-0.3, -0.25) is 4.79 Å². The number of benzene rings is 1. The molecule has 207 valence electrons. The number of hydrogen-bond acceptors (Lipinski definition) is 6. The molecule has 4 aliphatic rings. The van der Waals surface area contributed by atoms with E-state index in [1.807, 2.05) is 32.1 Å². The number of carbonyl (C=O) groups is 2. The normalized spacial score (nSPS) is 39.5. The number of carbonyl (C=O) groups excluding carboxylic acids is 2. The first-order valence-electron chi connectivity index (χ1n) is 13.7. The number of fused-ring (bicyclic) bond motifs is 1. The molecule has 1 radical (unpaired) electrons. The quantitative estimate of drug-likeness (QED) is 0.359. The average Bonchev–Trinajstić information content (AvgIpc) is 3.47. The second kappa shape index (κ2) is 10.1. The highest BCUT2D eigenvalue weighted by atomic mass is 16.6. The summed E-state index contributed by atoms with van der Waals surface area (Å²) in [5.74, 6) is 0.308. The van der Waals surface area contributed by atoms with E-state index in [0.717, 1.165) is 35.9 Å². The number of Topliss-reactive ketones (excluding diaryl/α,β-unsaturated/α-hetero) is 1. The maximum absolute atomic E-state index is 13.5. The lowest BCUT2D eigenvalue weighted by molar-refractivity contribution is -0.207.